The van der Waals surface area contributed by atoms with Gasteiger partial charge in [0.1, 0.15) is 18.2 Å². The van der Waals surface area contributed by atoms with Gasteiger partial charge < -0.3 is 19.8 Å². The van der Waals surface area contributed by atoms with E-state index in [4.69, 9.17) is 0 Å². The molecular formula is C33H36N6O4S. The molecule has 7 rings (SSSR count). The lowest BCUT2D eigenvalue weighted by Crippen LogP contribution is -2.53. The Hall–Kier alpha value is -3.96. The molecule has 0 radical (unpaired) electrons. The quantitative estimate of drug-likeness (QED) is 0.292. The number of hydrogen-bond donors (Lipinski definition) is 1. The van der Waals surface area contributed by atoms with Crippen molar-refractivity contribution in [2.24, 2.45) is 11.8 Å². The summed E-state index contributed by atoms with van der Waals surface area (Å²) in [6.45, 7) is 2.01. The number of aliphatic hydroxyl groups is 1. The number of aromatic nitrogens is 3. The normalized spacial score (nSPS) is 27.9. The predicted octanol–water partition coefficient (Wildman–Crippen LogP) is 2.85. The van der Waals surface area contributed by atoms with E-state index in [1.165, 1.54) is 0 Å². The summed E-state index contributed by atoms with van der Waals surface area (Å²) in [5.41, 5.74) is 2.62. The van der Waals surface area contributed by atoms with Crippen LogP contribution in [0.15, 0.2) is 78.9 Å². The van der Waals surface area contributed by atoms with Gasteiger partial charge >= 0.3 is 0 Å². The second-order valence-electron chi connectivity index (χ2n) is 12.0. The Bertz CT molecular complexity index is 1620. The maximum atomic E-state index is 14.6. The molecule has 3 amide bonds. The first-order valence-electron chi connectivity index (χ1n) is 15.3. The number of benzene rings is 2. The van der Waals surface area contributed by atoms with Crippen LogP contribution in [0.1, 0.15) is 24.8 Å². The molecule has 44 heavy (non-hydrogen) atoms. The van der Waals surface area contributed by atoms with Gasteiger partial charge in [0.15, 0.2) is 0 Å². The number of amides is 3. The van der Waals surface area contributed by atoms with Crippen LogP contribution in [0.2, 0.25) is 0 Å². The first-order valence-corrected chi connectivity index (χ1v) is 16.2. The van der Waals surface area contributed by atoms with Crippen LogP contribution < -0.4 is 0 Å². The van der Waals surface area contributed by atoms with E-state index >= 15 is 0 Å². The lowest BCUT2D eigenvalue weighted by molar-refractivity contribution is -0.145. The molecule has 2 aromatic carbocycles. The third-order valence-electron chi connectivity index (χ3n) is 9.32. The minimum atomic E-state index is -0.866. The zero-order valence-electron chi connectivity index (χ0n) is 24.4. The smallest absolute Gasteiger partial charge is 0.248 e. The molecule has 5 heterocycles. The van der Waals surface area contributed by atoms with E-state index in [1.54, 1.807) is 26.2 Å². The number of nitrogens with zero attached hydrogens (tertiary/aromatic N) is 6. The number of likely N-dealkylation sites (tertiary alicyclic amines) is 1. The standard InChI is InChI=1S/C33H36N6O4S/c40-20-8-2-7-19-38-29-32(43)37(22-39-25-14-6-5-13-24(25)34-35-39)18-10-16-33(29)28(31(38)42)27-26(44-33)15-9-17-36(30(27)41)21-23-11-3-1-4-12-23/h1,3-6,9-16,26-29,40H,2,7-8,17-22H2/t26-,27+,28-,29?,33-/m0/s1. The summed E-state index contributed by atoms with van der Waals surface area (Å²) in [5, 5.41) is 17.7. The molecule has 2 fully saturated rings. The Balaban J connectivity index is 1.23. The molecule has 1 spiro atoms. The third kappa shape index (κ3) is 4.82. The zero-order chi connectivity index (χ0) is 30.3. The third-order valence-corrected chi connectivity index (χ3v) is 11.1. The van der Waals surface area contributed by atoms with Gasteiger partial charge in [-0.05, 0) is 37.0 Å². The van der Waals surface area contributed by atoms with E-state index in [-0.39, 0.29) is 36.2 Å². The summed E-state index contributed by atoms with van der Waals surface area (Å²) in [6, 6.07) is 16.8. The van der Waals surface area contributed by atoms with Gasteiger partial charge in [0.2, 0.25) is 17.7 Å². The largest absolute Gasteiger partial charge is 0.396 e. The van der Waals surface area contributed by atoms with E-state index in [0.717, 1.165) is 23.0 Å². The molecule has 4 aliphatic rings. The molecule has 228 valence electrons. The van der Waals surface area contributed by atoms with Crippen LogP contribution in [0.5, 0.6) is 0 Å². The second kappa shape index (κ2) is 11.9. The van der Waals surface area contributed by atoms with Crippen LogP contribution in [-0.4, -0.2) is 94.8 Å². The molecule has 0 saturated carbocycles. The van der Waals surface area contributed by atoms with Crippen molar-refractivity contribution >= 4 is 40.5 Å². The molecule has 0 aliphatic carbocycles. The minimum Gasteiger partial charge on any atom is -0.396 e. The van der Waals surface area contributed by atoms with Gasteiger partial charge in [-0.2, -0.15) is 0 Å². The topological polar surface area (TPSA) is 112 Å². The summed E-state index contributed by atoms with van der Waals surface area (Å²) in [6.07, 6.45) is 10.2. The zero-order valence-corrected chi connectivity index (χ0v) is 25.3. The highest BCUT2D eigenvalue weighted by atomic mass is 32.2. The number of para-hydroxylation sites is 1. The minimum absolute atomic E-state index is 0.0384. The molecule has 4 aliphatic heterocycles. The molecule has 5 atom stereocenters. The van der Waals surface area contributed by atoms with Crippen LogP contribution in [0.4, 0.5) is 0 Å². The fourth-order valence-corrected chi connectivity index (χ4v) is 9.31. The summed E-state index contributed by atoms with van der Waals surface area (Å²) in [4.78, 5) is 48.7. The highest BCUT2D eigenvalue weighted by Gasteiger charge is 2.70. The predicted molar refractivity (Wildman–Crippen MR) is 167 cm³/mol. The van der Waals surface area contributed by atoms with Gasteiger partial charge in [-0.3, -0.25) is 14.4 Å². The summed E-state index contributed by atoms with van der Waals surface area (Å²) in [5.74, 6) is -1.53. The Kier molecular flexibility index (Phi) is 7.75. The number of hydrogen-bond acceptors (Lipinski definition) is 7. The highest BCUT2D eigenvalue weighted by molar-refractivity contribution is 8.02. The van der Waals surface area contributed by atoms with Gasteiger partial charge in [0.05, 0.1) is 22.1 Å². The van der Waals surface area contributed by atoms with Crippen LogP contribution in [-0.2, 0) is 27.6 Å². The number of aliphatic hydroxyl groups excluding tert-OH is 1. The van der Waals surface area contributed by atoms with Crippen molar-refractivity contribution in [1.82, 2.24) is 29.7 Å². The molecule has 10 nitrogen and oxygen atoms in total. The maximum absolute atomic E-state index is 14.6. The maximum Gasteiger partial charge on any atom is 0.248 e. The van der Waals surface area contributed by atoms with Crippen LogP contribution in [0.25, 0.3) is 11.0 Å². The van der Waals surface area contributed by atoms with E-state index in [0.29, 0.717) is 39.0 Å². The molecule has 1 unspecified atom stereocenters. The SMILES string of the molecule is O=C1C2N(CCCCCO)C(=O)[C@@H]3[C@@H]4C(=O)N(Cc5ccccc5)CC=C[C@@H]4S[C@]23C=CCN1Cn1nnc2ccccc21. The van der Waals surface area contributed by atoms with E-state index < -0.39 is 22.6 Å². The van der Waals surface area contributed by atoms with Gasteiger partial charge in [0.25, 0.3) is 0 Å². The number of thioether (sulfide) groups is 1. The Morgan fingerprint density at radius 1 is 0.886 bits per heavy atom. The Morgan fingerprint density at radius 2 is 1.68 bits per heavy atom. The average Bonchev–Trinajstić information content (AvgIpc) is 3.59. The van der Waals surface area contributed by atoms with Gasteiger partial charge in [-0.15, -0.1) is 16.9 Å². The Labute approximate surface area is 260 Å². The number of rotatable bonds is 9. The van der Waals surface area contributed by atoms with E-state index in [2.05, 4.69) is 16.4 Å². The summed E-state index contributed by atoms with van der Waals surface area (Å²) in [7, 11) is 0. The van der Waals surface area contributed by atoms with E-state index in [1.807, 2.05) is 77.7 Å². The summed E-state index contributed by atoms with van der Waals surface area (Å²) >= 11 is 1.60. The van der Waals surface area contributed by atoms with Crippen molar-refractivity contribution in [2.75, 3.05) is 26.2 Å². The molecule has 11 heteroatoms. The molecular weight excluding hydrogens is 576 g/mol. The number of carbonyl (C=O) groups is 3. The summed E-state index contributed by atoms with van der Waals surface area (Å²) < 4.78 is 0.855. The monoisotopic (exact) mass is 612 g/mol. The fraction of sp³-hybridized carbons (Fsp3) is 0.424. The Morgan fingerprint density at radius 3 is 2.52 bits per heavy atom. The fourth-order valence-electron chi connectivity index (χ4n) is 7.30. The molecule has 2 saturated heterocycles. The average molecular weight is 613 g/mol. The number of unbranched alkanes of at least 4 members (excludes halogenated alkanes) is 2. The molecule has 1 aromatic heterocycles. The lowest BCUT2D eigenvalue weighted by Gasteiger charge is -2.35. The van der Waals surface area contributed by atoms with Crippen molar-refractivity contribution in [1.29, 1.82) is 0 Å². The van der Waals surface area contributed by atoms with E-state index in [9.17, 15) is 19.5 Å². The first kappa shape index (κ1) is 28.8. The van der Waals surface area contributed by atoms with Crippen molar-refractivity contribution in [2.45, 2.75) is 48.5 Å². The van der Waals surface area contributed by atoms with Crippen LogP contribution in [0.3, 0.4) is 0 Å². The molecule has 3 aromatic rings. The molecule has 1 N–H and O–H groups in total. The van der Waals surface area contributed by atoms with Crippen molar-refractivity contribution in [3.05, 3.63) is 84.5 Å². The molecule has 0 bridgehead atoms. The van der Waals surface area contributed by atoms with Gasteiger partial charge in [0, 0.05) is 38.0 Å². The number of carbonyl (C=O) groups excluding carboxylic acids is 3. The van der Waals surface area contributed by atoms with Gasteiger partial charge in [-0.1, -0.05) is 72.0 Å². The van der Waals surface area contributed by atoms with Crippen LogP contribution >= 0.6 is 11.8 Å². The van der Waals surface area contributed by atoms with Gasteiger partial charge in [-0.25, -0.2) is 4.68 Å². The second-order valence-corrected chi connectivity index (χ2v) is 13.5. The van der Waals surface area contributed by atoms with Crippen LogP contribution in [0, 0.1) is 11.8 Å². The highest BCUT2D eigenvalue weighted by Crippen LogP contribution is 2.61. The van der Waals surface area contributed by atoms with Crippen molar-refractivity contribution < 1.29 is 19.5 Å². The first-order chi connectivity index (χ1) is 21.5. The lowest BCUT2D eigenvalue weighted by atomic mass is 9.78. The number of fused-ring (bicyclic) bond motifs is 3. The van der Waals surface area contributed by atoms with Crippen molar-refractivity contribution in [3.8, 4) is 0 Å². The van der Waals surface area contributed by atoms with Crippen molar-refractivity contribution in [3.63, 3.8) is 0 Å².